The third-order valence-corrected chi connectivity index (χ3v) is 11.4. The van der Waals surface area contributed by atoms with Gasteiger partial charge in [-0.2, -0.15) is 5.10 Å². The van der Waals surface area contributed by atoms with E-state index in [0.717, 1.165) is 76.2 Å². The van der Waals surface area contributed by atoms with Crippen molar-refractivity contribution in [3.8, 4) is 28.3 Å². The number of ether oxygens (including phenoxy) is 4. The van der Waals surface area contributed by atoms with Gasteiger partial charge in [0, 0.05) is 74.4 Å². The highest BCUT2D eigenvalue weighted by Gasteiger charge is 2.23. The first-order valence-corrected chi connectivity index (χ1v) is 22.0. The molecule has 1 saturated carbocycles. The van der Waals surface area contributed by atoms with E-state index in [-0.39, 0.29) is 12.1 Å². The number of nitrogens with one attached hydrogen (secondary N) is 1. The lowest BCUT2D eigenvalue weighted by atomic mass is 9.95. The summed E-state index contributed by atoms with van der Waals surface area (Å²) in [7, 11) is 5.03. The molecule has 13 nitrogen and oxygen atoms in total. The minimum Gasteiger partial charge on any atom is -0.496 e. The number of nitrogens with zero attached hydrogens (tertiary/aromatic N) is 6. The summed E-state index contributed by atoms with van der Waals surface area (Å²) < 4.78 is 51.1. The summed E-state index contributed by atoms with van der Waals surface area (Å²) >= 11 is 0. The Morgan fingerprint density at radius 2 is 1.61 bits per heavy atom. The quantitative estimate of drug-likeness (QED) is 0.113. The maximum Gasteiger partial charge on any atom is 0.297 e. The molecular weight excluding hydrogens is 819 g/mol. The standard InChI is InChI=1S/C39H42F2N8O2.C5H10O2.C5H10O/c1-23-27(28-13-9-15-33-30(28)22-45-49(33)26-17-34(50-3)29(19-42)35(18-26)51-4)12-8-14-32(23)48(2)39-36-31(46-38(47-39)37(40)41)16-24(21-44-36)20-43-25-10-6-5-7-11-25;1-5(2,3)7-4-6;1-2-4-6-5-3-1/h8-9,12-18,21-22,25,37,43H,5-7,10-11,19-20,42H2,1-4H3;4H,1-3H3;1-5H2. The first-order chi connectivity index (χ1) is 30.9. The number of pyridine rings is 1. The number of nitrogens with two attached hydrogens (primary N) is 1. The van der Waals surface area contributed by atoms with Gasteiger partial charge in [0.1, 0.15) is 22.6 Å². The lowest BCUT2D eigenvalue weighted by Gasteiger charge is -2.24. The molecule has 3 aromatic heterocycles. The molecule has 0 spiro atoms. The van der Waals surface area contributed by atoms with Gasteiger partial charge in [0.05, 0.1) is 37.1 Å². The zero-order valence-electron chi connectivity index (χ0n) is 38.1. The molecule has 4 heterocycles. The number of anilines is 2. The van der Waals surface area contributed by atoms with Crippen LogP contribution in [0.4, 0.5) is 20.3 Å². The van der Waals surface area contributed by atoms with Crippen LogP contribution in [-0.2, 0) is 27.4 Å². The molecule has 8 rings (SSSR count). The molecule has 2 fully saturated rings. The summed E-state index contributed by atoms with van der Waals surface area (Å²) in [5.41, 5.74) is 13.5. The van der Waals surface area contributed by atoms with E-state index in [2.05, 4.69) is 26.1 Å². The van der Waals surface area contributed by atoms with Crippen LogP contribution >= 0.6 is 0 Å². The van der Waals surface area contributed by atoms with Gasteiger partial charge in [-0.3, -0.25) is 9.78 Å². The highest BCUT2D eigenvalue weighted by atomic mass is 19.3. The summed E-state index contributed by atoms with van der Waals surface area (Å²) in [5, 5.41) is 9.30. The largest absolute Gasteiger partial charge is 0.496 e. The lowest BCUT2D eigenvalue weighted by Crippen LogP contribution is -2.30. The van der Waals surface area contributed by atoms with Crippen LogP contribution in [0.25, 0.3) is 38.8 Å². The fourth-order valence-corrected chi connectivity index (χ4v) is 8.07. The first-order valence-electron chi connectivity index (χ1n) is 22.0. The third kappa shape index (κ3) is 11.7. The SMILES string of the molecule is C1CCOCC1.CC(C)(C)OC=O.COc1cc(-n2ncc3c(-c4cccc(N(C)c5nc(C(F)F)nc6cc(CNC7CCCCC7)cnc56)c4C)cccc32)cc(OC)c1CN. The summed E-state index contributed by atoms with van der Waals surface area (Å²) in [5.74, 6) is 1.03. The van der Waals surface area contributed by atoms with Crippen molar-refractivity contribution in [2.24, 2.45) is 5.73 Å². The van der Waals surface area contributed by atoms with Crippen LogP contribution in [0.15, 0.2) is 67.0 Å². The Kier molecular flexibility index (Phi) is 16.6. The van der Waals surface area contributed by atoms with Crippen molar-refractivity contribution < 1.29 is 32.5 Å². The molecule has 1 saturated heterocycles. The first kappa shape index (κ1) is 47.7. The van der Waals surface area contributed by atoms with E-state index in [1.54, 1.807) is 20.4 Å². The number of halogens is 2. The number of hydrogen-bond donors (Lipinski definition) is 2. The van der Waals surface area contributed by atoms with E-state index in [9.17, 15) is 13.6 Å². The molecule has 342 valence electrons. The molecule has 2 aliphatic rings. The molecule has 64 heavy (non-hydrogen) atoms. The van der Waals surface area contributed by atoms with Crippen molar-refractivity contribution in [1.82, 2.24) is 30.0 Å². The van der Waals surface area contributed by atoms with E-state index < -0.39 is 12.2 Å². The second-order valence-corrected chi connectivity index (χ2v) is 17.0. The van der Waals surface area contributed by atoms with Crippen molar-refractivity contribution in [1.29, 1.82) is 0 Å². The number of alkyl halides is 2. The highest BCUT2D eigenvalue weighted by Crippen LogP contribution is 2.39. The molecule has 3 N–H and O–H groups in total. The predicted molar refractivity (Wildman–Crippen MR) is 248 cm³/mol. The van der Waals surface area contributed by atoms with Crippen LogP contribution in [0, 0.1) is 6.92 Å². The van der Waals surface area contributed by atoms with Crippen molar-refractivity contribution >= 4 is 39.9 Å². The zero-order chi connectivity index (χ0) is 45.8. The van der Waals surface area contributed by atoms with Crippen LogP contribution < -0.4 is 25.4 Å². The normalized spacial score (nSPS) is 14.4. The van der Waals surface area contributed by atoms with Crippen LogP contribution in [0.3, 0.4) is 0 Å². The van der Waals surface area contributed by atoms with Crippen molar-refractivity contribution in [3.63, 3.8) is 0 Å². The van der Waals surface area contributed by atoms with Gasteiger partial charge in [-0.1, -0.05) is 43.5 Å². The van der Waals surface area contributed by atoms with Crippen molar-refractivity contribution in [3.05, 3.63) is 89.5 Å². The van der Waals surface area contributed by atoms with Crippen LogP contribution in [-0.4, -0.2) is 77.3 Å². The fraction of sp³-hybridized carbons (Fsp3) is 0.449. The molecule has 0 amide bonds. The van der Waals surface area contributed by atoms with Gasteiger partial charge in [0.2, 0.25) is 0 Å². The lowest BCUT2D eigenvalue weighted by molar-refractivity contribution is -0.138. The number of carbonyl (C=O) groups is 1. The molecule has 0 unspecified atom stereocenters. The van der Waals surface area contributed by atoms with E-state index in [4.69, 9.17) is 30.0 Å². The van der Waals surface area contributed by atoms with Crippen LogP contribution in [0.2, 0.25) is 0 Å². The fourth-order valence-electron chi connectivity index (χ4n) is 8.07. The number of fused-ring (bicyclic) bond motifs is 2. The Morgan fingerprint density at radius 1 is 0.938 bits per heavy atom. The van der Waals surface area contributed by atoms with Gasteiger partial charge in [-0.25, -0.2) is 23.4 Å². The van der Waals surface area contributed by atoms with Crippen LogP contribution in [0.1, 0.15) is 101 Å². The summed E-state index contributed by atoms with van der Waals surface area (Å²) in [6.45, 7) is 10.8. The van der Waals surface area contributed by atoms with E-state index in [0.29, 0.717) is 47.4 Å². The molecule has 1 aliphatic carbocycles. The summed E-state index contributed by atoms with van der Waals surface area (Å²) in [6.07, 6.45) is 10.8. The predicted octanol–water partition coefficient (Wildman–Crippen LogP) is 10.1. The molecule has 0 atom stereocenters. The second kappa shape index (κ2) is 22.2. The number of hydrogen-bond acceptors (Lipinski definition) is 12. The maximum absolute atomic E-state index is 14.2. The topological polar surface area (TPSA) is 152 Å². The van der Waals surface area contributed by atoms with E-state index in [1.807, 2.05) is 99.1 Å². The Morgan fingerprint density at radius 3 is 2.19 bits per heavy atom. The summed E-state index contributed by atoms with van der Waals surface area (Å²) in [4.78, 5) is 24.7. The van der Waals surface area contributed by atoms with E-state index >= 15 is 0 Å². The van der Waals surface area contributed by atoms with Gasteiger partial charge in [0.15, 0.2) is 11.6 Å². The maximum atomic E-state index is 14.2. The summed E-state index contributed by atoms with van der Waals surface area (Å²) in [6, 6.07) is 18.1. The van der Waals surface area contributed by atoms with Crippen molar-refractivity contribution in [2.45, 2.75) is 110 Å². The average Bonchev–Trinajstić information content (AvgIpc) is 3.75. The van der Waals surface area contributed by atoms with Crippen LogP contribution in [0.5, 0.6) is 11.5 Å². The Labute approximate surface area is 374 Å². The number of carbonyl (C=O) groups excluding carboxylic acids is 1. The molecule has 0 bridgehead atoms. The van der Waals surface area contributed by atoms with Gasteiger partial charge >= 0.3 is 0 Å². The Bertz CT molecular complexity index is 2440. The molecule has 6 aromatic rings. The molecular formula is C49H62F2N8O5. The van der Waals surface area contributed by atoms with Gasteiger partial charge < -0.3 is 34.9 Å². The molecule has 15 heteroatoms. The van der Waals surface area contributed by atoms with Gasteiger partial charge in [0.25, 0.3) is 12.9 Å². The molecule has 3 aromatic carbocycles. The zero-order valence-corrected chi connectivity index (χ0v) is 38.1. The number of benzene rings is 3. The monoisotopic (exact) mass is 880 g/mol. The average molecular weight is 881 g/mol. The van der Waals surface area contributed by atoms with Crippen molar-refractivity contribution in [2.75, 3.05) is 39.4 Å². The molecule has 1 aliphatic heterocycles. The minimum atomic E-state index is -2.83. The Balaban J connectivity index is 0.000000453. The number of aromatic nitrogens is 5. The molecule has 0 radical (unpaired) electrons. The van der Waals surface area contributed by atoms with E-state index in [1.165, 1.54) is 38.5 Å². The second-order valence-electron chi connectivity index (χ2n) is 17.0. The smallest absolute Gasteiger partial charge is 0.297 e. The highest BCUT2D eigenvalue weighted by molar-refractivity contribution is 5.98. The number of methoxy groups -OCH3 is 2. The third-order valence-electron chi connectivity index (χ3n) is 11.4. The van der Waals surface area contributed by atoms with Gasteiger partial charge in [-0.05, 0) is 100 Å². The number of rotatable bonds is 12. The Hall–Kier alpha value is -5.77. The van der Waals surface area contributed by atoms with Gasteiger partial charge in [-0.15, -0.1) is 0 Å². The minimum absolute atomic E-state index is 0.268.